The van der Waals surface area contributed by atoms with Crippen molar-refractivity contribution in [2.24, 2.45) is 17.8 Å². The summed E-state index contributed by atoms with van der Waals surface area (Å²) in [6, 6.07) is 10.3. The number of pyridine rings is 2. The molecule has 6 heteroatoms. The Morgan fingerprint density at radius 3 is 2.60 bits per heavy atom. The molecular formula is C24H23ClFN3O. The van der Waals surface area contributed by atoms with Crippen LogP contribution in [0.3, 0.4) is 0 Å². The molecule has 2 saturated carbocycles. The zero-order valence-electron chi connectivity index (χ0n) is 16.5. The summed E-state index contributed by atoms with van der Waals surface area (Å²) in [5.74, 6) is 2.48. The van der Waals surface area contributed by atoms with Gasteiger partial charge in [0.25, 0.3) is 0 Å². The smallest absolute Gasteiger partial charge is 0.225 e. The SMILES string of the molecule is O=C(C[C@H]1C[C@H]2CC(c3ccnc4ccc(F)cc34)C[C@H]2C1)Nc1ccc(Cl)cn1. The summed E-state index contributed by atoms with van der Waals surface area (Å²) in [7, 11) is 0. The van der Waals surface area contributed by atoms with Gasteiger partial charge in [-0.3, -0.25) is 9.78 Å². The van der Waals surface area contributed by atoms with Gasteiger partial charge in [0.15, 0.2) is 0 Å². The average molecular weight is 424 g/mol. The van der Waals surface area contributed by atoms with Gasteiger partial charge in [-0.15, -0.1) is 0 Å². The summed E-state index contributed by atoms with van der Waals surface area (Å²) in [6.07, 6.45) is 8.28. The monoisotopic (exact) mass is 423 g/mol. The van der Waals surface area contributed by atoms with Gasteiger partial charge in [-0.25, -0.2) is 9.37 Å². The van der Waals surface area contributed by atoms with Gasteiger partial charge < -0.3 is 5.32 Å². The molecule has 0 bridgehead atoms. The predicted octanol–water partition coefficient (Wildman–Crippen LogP) is 5.97. The second kappa shape index (κ2) is 7.95. The Bertz CT molecular complexity index is 1070. The first-order chi connectivity index (χ1) is 14.5. The minimum absolute atomic E-state index is 0.0157. The van der Waals surface area contributed by atoms with Gasteiger partial charge in [0.2, 0.25) is 5.91 Å². The lowest BCUT2D eigenvalue weighted by atomic mass is 9.89. The number of nitrogens with zero attached hydrogens (tertiary/aromatic N) is 2. The minimum atomic E-state index is -0.212. The van der Waals surface area contributed by atoms with Gasteiger partial charge in [-0.05, 0) is 91.3 Å². The van der Waals surface area contributed by atoms with Crippen LogP contribution >= 0.6 is 11.6 Å². The Kier molecular flexibility index (Phi) is 5.15. The number of carbonyl (C=O) groups excluding carboxylic acids is 1. The number of benzene rings is 1. The van der Waals surface area contributed by atoms with Crippen LogP contribution in [-0.2, 0) is 4.79 Å². The number of rotatable bonds is 4. The van der Waals surface area contributed by atoms with E-state index in [1.807, 2.05) is 6.20 Å². The molecule has 154 valence electrons. The highest BCUT2D eigenvalue weighted by atomic mass is 35.5. The van der Waals surface area contributed by atoms with E-state index in [-0.39, 0.29) is 11.7 Å². The summed E-state index contributed by atoms with van der Waals surface area (Å²) < 4.78 is 13.8. The number of fused-ring (bicyclic) bond motifs is 2. The van der Waals surface area contributed by atoms with E-state index in [1.165, 1.54) is 17.8 Å². The van der Waals surface area contributed by atoms with Crippen molar-refractivity contribution in [3.8, 4) is 0 Å². The van der Waals surface area contributed by atoms with Crippen LogP contribution in [0.1, 0.15) is 43.6 Å². The van der Waals surface area contributed by atoms with Gasteiger partial charge in [0.1, 0.15) is 11.6 Å². The fourth-order valence-electron chi connectivity index (χ4n) is 5.56. The van der Waals surface area contributed by atoms with Crippen LogP contribution in [0.15, 0.2) is 48.8 Å². The van der Waals surface area contributed by atoms with Gasteiger partial charge in [-0.2, -0.15) is 0 Å². The number of nitrogens with one attached hydrogen (secondary N) is 1. The first-order valence-corrected chi connectivity index (χ1v) is 10.9. The molecule has 0 radical (unpaired) electrons. The number of aromatic nitrogens is 2. The number of halogens is 2. The fourth-order valence-corrected chi connectivity index (χ4v) is 5.68. The normalized spacial score (nSPS) is 25.4. The van der Waals surface area contributed by atoms with E-state index >= 15 is 0 Å². The molecule has 1 amide bonds. The maximum absolute atomic E-state index is 13.8. The Morgan fingerprint density at radius 1 is 1.07 bits per heavy atom. The molecule has 3 aromatic rings. The maximum atomic E-state index is 13.8. The molecule has 2 aliphatic rings. The molecular weight excluding hydrogens is 401 g/mol. The molecule has 5 rings (SSSR count). The Morgan fingerprint density at radius 2 is 1.87 bits per heavy atom. The molecule has 2 heterocycles. The van der Waals surface area contributed by atoms with E-state index in [9.17, 15) is 9.18 Å². The third kappa shape index (κ3) is 3.91. The van der Waals surface area contributed by atoms with Crippen LogP contribution in [0.25, 0.3) is 10.9 Å². The topological polar surface area (TPSA) is 54.9 Å². The Labute approximate surface area is 179 Å². The van der Waals surface area contributed by atoms with Gasteiger partial charge in [0.05, 0.1) is 10.5 Å². The zero-order valence-corrected chi connectivity index (χ0v) is 17.3. The summed E-state index contributed by atoms with van der Waals surface area (Å²) in [5.41, 5.74) is 2.08. The van der Waals surface area contributed by atoms with Gasteiger partial charge in [-0.1, -0.05) is 11.6 Å². The molecule has 1 unspecified atom stereocenters. The van der Waals surface area contributed by atoms with Crippen molar-refractivity contribution < 1.29 is 9.18 Å². The third-order valence-electron chi connectivity index (χ3n) is 6.76. The first-order valence-electron chi connectivity index (χ1n) is 10.5. The van der Waals surface area contributed by atoms with Crippen molar-refractivity contribution in [1.82, 2.24) is 9.97 Å². The van der Waals surface area contributed by atoms with E-state index in [0.717, 1.165) is 36.6 Å². The number of carbonyl (C=O) groups is 1. The largest absolute Gasteiger partial charge is 0.311 e. The highest BCUT2D eigenvalue weighted by Crippen LogP contribution is 2.53. The Balaban J connectivity index is 1.21. The number of hydrogen-bond donors (Lipinski definition) is 1. The molecule has 1 aromatic carbocycles. The zero-order chi connectivity index (χ0) is 20.7. The van der Waals surface area contributed by atoms with Crippen molar-refractivity contribution in [1.29, 1.82) is 0 Å². The van der Waals surface area contributed by atoms with E-state index in [0.29, 0.717) is 40.9 Å². The van der Waals surface area contributed by atoms with E-state index in [1.54, 1.807) is 24.3 Å². The molecule has 2 aromatic heterocycles. The van der Waals surface area contributed by atoms with Crippen molar-refractivity contribution in [2.45, 2.75) is 38.0 Å². The maximum Gasteiger partial charge on any atom is 0.225 e. The second-order valence-corrected chi connectivity index (χ2v) is 9.14. The molecule has 1 N–H and O–H groups in total. The predicted molar refractivity (Wildman–Crippen MR) is 116 cm³/mol. The van der Waals surface area contributed by atoms with E-state index in [2.05, 4.69) is 21.4 Å². The molecule has 0 aliphatic heterocycles. The lowest BCUT2D eigenvalue weighted by Crippen LogP contribution is -2.16. The quantitative estimate of drug-likeness (QED) is 0.562. The summed E-state index contributed by atoms with van der Waals surface area (Å²) in [6.45, 7) is 0. The molecule has 0 spiro atoms. The van der Waals surface area contributed by atoms with Crippen molar-refractivity contribution in [3.05, 3.63) is 65.2 Å². The first kappa shape index (κ1) is 19.4. The molecule has 0 saturated heterocycles. The van der Waals surface area contributed by atoms with Crippen molar-refractivity contribution in [3.63, 3.8) is 0 Å². The number of hydrogen-bond acceptors (Lipinski definition) is 3. The van der Waals surface area contributed by atoms with Crippen LogP contribution in [-0.4, -0.2) is 15.9 Å². The molecule has 4 nitrogen and oxygen atoms in total. The van der Waals surface area contributed by atoms with Crippen LogP contribution < -0.4 is 5.32 Å². The summed E-state index contributed by atoms with van der Waals surface area (Å²) in [5, 5.41) is 4.36. The van der Waals surface area contributed by atoms with Gasteiger partial charge >= 0.3 is 0 Å². The molecule has 2 fully saturated rings. The van der Waals surface area contributed by atoms with E-state index in [4.69, 9.17) is 11.6 Å². The van der Waals surface area contributed by atoms with Crippen LogP contribution in [0.2, 0.25) is 5.02 Å². The third-order valence-corrected chi connectivity index (χ3v) is 6.98. The lowest BCUT2D eigenvalue weighted by molar-refractivity contribution is -0.117. The number of amides is 1. The van der Waals surface area contributed by atoms with Crippen molar-refractivity contribution >= 4 is 34.2 Å². The summed E-state index contributed by atoms with van der Waals surface area (Å²) >= 11 is 5.84. The van der Waals surface area contributed by atoms with E-state index < -0.39 is 0 Å². The highest BCUT2D eigenvalue weighted by molar-refractivity contribution is 6.30. The second-order valence-electron chi connectivity index (χ2n) is 8.70. The Hall–Kier alpha value is -2.53. The minimum Gasteiger partial charge on any atom is -0.311 e. The van der Waals surface area contributed by atoms with Gasteiger partial charge in [0, 0.05) is 24.2 Å². The van der Waals surface area contributed by atoms with Crippen LogP contribution in [0.4, 0.5) is 10.2 Å². The fraction of sp³-hybridized carbons (Fsp3) is 0.375. The van der Waals surface area contributed by atoms with Crippen molar-refractivity contribution in [2.75, 3.05) is 5.32 Å². The molecule has 30 heavy (non-hydrogen) atoms. The molecule has 2 aliphatic carbocycles. The van der Waals surface area contributed by atoms with Crippen LogP contribution in [0, 0.1) is 23.6 Å². The lowest BCUT2D eigenvalue weighted by Gasteiger charge is -2.17. The molecule has 4 atom stereocenters. The average Bonchev–Trinajstić information content (AvgIpc) is 3.27. The standard InChI is InChI=1S/C24H23ClFN3O/c25-18-1-4-23(28-13-18)29-24(30)9-14-7-15-10-17(11-16(15)8-14)20-5-6-27-22-3-2-19(26)12-21(20)22/h1-6,12-17H,7-11H2,(H,28,29,30)/t14-,15-,16+,17?. The summed E-state index contributed by atoms with van der Waals surface area (Å²) in [4.78, 5) is 20.9. The highest BCUT2D eigenvalue weighted by Gasteiger charge is 2.42. The number of anilines is 1. The van der Waals surface area contributed by atoms with Crippen LogP contribution in [0.5, 0.6) is 0 Å².